The van der Waals surface area contributed by atoms with Crippen LogP contribution in [0.5, 0.6) is 0 Å². The van der Waals surface area contributed by atoms with Gasteiger partial charge in [-0.1, -0.05) is 12.1 Å². The summed E-state index contributed by atoms with van der Waals surface area (Å²) in [6.07, 6.45) is 0.895. The van der Waals surface area contributed by atoms with Gasteiger partial charge in [-0.2, -0.15) is 4.91 Å². The predicted molar refractivity (Wildman–Crippen MR) is 33.5 cm³/mol. The van der Waals surface area contributed by atoms with Gasteiger partial charge in [-0.05, 0) is 18.9 Å². The van der Waals surface area contributed by atoms with Crippen molar-refractivity contribution in [3.8, 4) is 0 Å². The number of nitroso groups, excluding NO2 is 1. The van der Waals surface area contributed by atoms with E-state index in [-0.39, 0.29) is 0 Å². The van der Waals surface area contributed by atoms with Crippen LogP contribution in [0.1, 0.15) is 13.3 Å². The van der Waals surface area contributed by atoms with Crippen LogP contribution in [0.2, 0.25) is 0 Å². The molecule has 0 aromatic rings. The van der Waals surface area contributed by atoms with Crippen molar-refractivity contribution in [3.63, 3.8) is 0 Å². The Bertz CT molecular complexity index is 65.4. The Hall–Kier alpha value is -0.440. The number of hydrogen-bond donors (Lipinski definition) is 1. The predicted octanol–water partition coefficient (Wildman–Crippen LogP) is 0.738. The molecule has 2 N–H and O–H groups in total. The highest BCUT2D eigenvalue weighted by atomic mass is 16.3. The van der Waals surface area contributed by atoms with E-state index in [9.17, 15) is 4.91 Å². The molecular weight excluding hydrogens is 104 g/mol. The molecule has 8 heavy (non-hydrogen) atoms. The Balaban J connectivity index is 3.03. The van der Waals surface area contributed by atoms with Crippen molar-refractivity contribution >= 4 is 0 Å². The largest absolute Gasteiger partial charge is 0.330 e. The zero-order valence-electron chi connectivity index (χ0n) is 5.13. The topological polar surface area (TPSA) is 55.4 Å². The molecule has 0 aromatic heterocycles. The van der Waals surface area contributed by atoms with Crippen molar-refractivity contribution in [1.82, 2.24) is 0 Å². The van der Waals surface area contributed by atoms with E-state index in [0.29, 0.717) is 19.0 Å². The van der Waals surface area contributed by atoms with Crippen LogP contribution in [0.25, 0.3) is 0 Å². The van der Waals surface area contributed by atoms with E-state index < -0.39 is 0 Å². The minimum atomic E-state index is 0.359. The van der Waals surface area contributed by atoms with Crippen LogP contribution in [0.15, 0.2) is 5.18 Å². The van der Waals surface area contributed by atoms with Crippen LogP contribution in [-0.2, 0) is 0 Å². The second-order valence-corrected chi connectivity index (χ2v) is 1.99. The van der Waals surface area contributed by atoms with E-state index in [1.807, 2.05) is 6.92 Å². The Labute approximate surface area is 49.2 Å². The van der Waals surface area contributed by atoms with Crippen molar-refractivity contribution in [2.75, 3.05) is 13.1 Å². The molecule has 0 aliphatic rings. The monoisotopic (exact) mass is 116 g/mol. The lowest BCUT2D eigenvalue weighted by Crippen LogP contribution is -2.07. The second-order valence-electron chi connectivity index (χ2n) is 1.99. The third-order valence-electron chi connectivity index (χ3n) is 1.05. The molecule has 0 spiro atoms. The van der Waals surface area contributed by atoms with E-state index in [4.69, 9.17) is 5.73 Å². The first-order valence-electron chi connectivity index (χ1n) is 2.80. The summed E-state index contributed by atoms with van der Waals surface area (Å²) in [7, 11) is 0. The van der Waals surface area contributed by atoms with Crippen LogP contribution in [0.3, 0.4) is 0 Å². The maximum absolute atomic E-state index is 9.60. The molecule has 0 bridgehead atoms. The van der Waals surface area contributed by atoms with Crippen molar-refractivity contribution < 1.29 is 0 Å². The van der Waals surface area contributed by atoms with Gasteiger partial charge < -0.3 is 5.73 Å². The van der Waals surface area contributed by atoms with Crippen molar-refractivity contribution in [3.05, 3.63) is 4.91 Å². The van der Waals surface area contributed by atoms with Gasteiger partial charge >= 0.3 is 0 Å². The van der Waals surface area contributed by atoms with Gasteiger partial charge in [0.25, 0.3) is 0 Å². The summed E-state index contributed by atoms with van der Waals surface area (Å²) in [5, 5.41) is 2.75. The molecule has 0 saturated heterocycles. The van der Waals surface area contributed by atoms with Gasteiger partial charge in [-0.3, -0.25) is 0 Å². The Morgan fingerprint density at radius 2 is 2.38 bits per heavy atom. The zero-order chi connectivity index (χ0) is 6.41. The molecule has 0 aliphatic heterocycles. The number of nitrogens with two attached hydrogens (primary N) is 1. The second kappa shape index (κ2) is 4.71. The molecule has 0 aromatic carbocycles. The number of nitrogens with zero attached hydrogens (tertiary/aromatic N) is 1. The fourth-order valence-electron chi connectivity index (χ4n) is 0.503. The summed E-state index contributed by atoms with van der Waals surface area (Å²) in [5.74, 6) is 0.359. The Kier molecular flexibility index (Phi) is 4.45. The molecule has 1 atom stereocenters. The van der Waals surface area contributed by atoms with E-state index in [2.05, 4.69) is 5.18 Å². The van der Waals surface area contributed by atoms with Crippen LogP contribution < -0.4 is 5.73 Å². The van der Waals surface area contributed by atoms with Gasteiger partial charge in [-0.15, -0.1) is 0 Å². The van der Waals surface area contributed by atoms with Crippen LogP contribution in [0, 0.1) is 10.8 Å². The minimum absolute atomic E-state index is 0.359. The van der Waals surface area contributed by atoms with Gasteiger partial charge in [0.15, 0.2) is 0 Å². The van der Waals surface area contributed by atoms with Crippen molar-refractivity contribution in [2.45, 2.75) is 13.3 Å². The average Bonchev–Trinajstić information content (AvgIpc) is 1.68. The molecule has 3 nitrogen and oxygen atoms in total. The summed E-state index contributed by atoms with van der Waals surface area (Å²) < 4.78 is 0. The van der Waals surface area contributed by atoms with Crippen LogP contribution in [-0.4, -0.2) is 13.1 Å². The SMILES string of the molecule is CC(CCN)CN=O. The molecule has 0 fully saturated rings. The zero-order valence-corrected chi connectivity index (χ0v) is 5.13. The van der Waals surface area contributed by atoms with Gasteiger partial charge in [0.2, 0.25) is 0 Å². The average molecular weight is 116 g/mol. The van der Waals surface area contributed by atoms with Crippen molar-refractivity contribution in [1.29, 1.82) is 0 Å². The first-order valence-corrected chi connectivity index (χ1v) is 2.80. The quantitative estimate of drug-likeness (QED) is 0.551. The molecular formula is C5H12N2O. The van der Waals surface area contributed by atoms with E-state index in [0.717, 1.165) is 6.42 Å². The lowest BCUT2D eigenvalue weighted by molar-refractivity contribution is 0.552. The fraction of sp³-hybridized carbons (Fsp3) is 1.00. The highest BCUT2D eigenvalue weighted by Gasteiger charge is 1.97. The van der Waals surface area contributed by atoms with E-state index in [1.165, 1.54) is 0 Å². The van der Waals surface area contributed by atoms with Crippen LogP contribution >= 0.6 is 0 Å². The van der Waals surface area contributed by atoms with Crippen LogP contribution in [0.4, 0.5) is 0 Å². The third-order valence-corrected chi connectivity index (χ3v) is 1.05. The van der Waals surface area contributed by atoms with Gasteiger partial charge in [-0.25, -0.2) is 0 Å². The Morgan fingerprint density at radius 1 is 1.75 bits per heavy atom. The van der Waals surface area contributed by atoms with E-state index >= 15 is 0 Å². The standard InChI is InChI=1S/C5H12N2O/c1-5(2-3-6)4-7-8/h5H,2-4,6H2,1H3. The molecule has 0 amide bonds. The van der Waals surface area contributed by atoms with Crippen molar-refractivity contribution in [2.24, 2.45) is 16.8 Å². The fourth-order valence-corrected chi connectivity index (χ4v) is 0.503. The summed E-state index contributed by atoms with van der Waals surface area (Å²) >= 11 is 0. The van der Waals surface area contributed by atoms with Gasteiger partial charge in [0, 0.05) is 0 Å². The highest BCUT2D eigenvalue weighted by molar-refractivity contribution is 4.54. The van der Waals surface area contributed by atoms with Gasteiger partial charge in [0.05, 0.1) is 6.54 Å². The minimum Gasteiger partial charge on any atom is -0.330 e. The third kappa shape index (κ3) is 3.74. The molecule has 48 valence electrons. The maximum atomic E-state index is 9.60. The molecule has 0 radical (unpaired) electrons. The summed E-state index contributed by atoms with van der Waals surface area (Å²) in [5.41, 5.74) is 5.22. The summed E-state index contributed by atoms with van der Waals surface area (Å²) in [4.78, 5) is 9.60. The lowest BCUT2D eigenvalue weighted by atomic mass is 10.1. The summed E-state index contributed by atoms with van der Waals surface area (Å²) in [6.45, 7) is 3.02. The number of hydrogen-bond acceptors (Lipinski definition) is 3. The smallest absolute Gasteiger partial charge is 0.0837 e. The van der Waals surface area contributed by atoms with E-state index in [1.54, 1.807) is 0 Å². The first-order chi connectivity index (χ1) is 3.81. The molecule has 0 saturated carbocycles. The lowest BCUT2D eigenvalue weighted by Gasteiger charge is -2.00. The molecule has 0 aliphatic carbocycles. The number of rotatable bonds is 4. The maximum Gasteiger partial charge on any atom is 0.0837 e. The first kappa shape index (κ1) is 7.56. The highest BCUT2D eigenvalue weighted by Crippen LogP contribution is 1.98. The normalized spacial score (nSPS) is 13.2. The molecule has 3 heteroatoms. The molecule has 0 heterocycles. The summed E-state index contributed by atoms with van der Waals surface area (Å²) in [6, 6.07) is 0. The molecule has 1 unspecified atom stereocenters. The Morgan fingerprint density at radius 3 is 2.75 bits per heavy atom. The van der Waals surface area contributed by atoms with Gasteiger partial charge in [0.1, 0.15) is 0 Å². The molecule has 0 rings (SSSR count).